The van der Waals surface area contributed by atoms with Crippen LogP contribution in [0.2, 0.25) is 0 Å². The van der Waals surface area contributed by atoms with Crippen LogP contribution in [-0.2, 0) is 6.42 Å². The lowest BCUT2D eigenvalue weighted by Crippen LogP contribution is -2.13. The monoisotopic (exact) mass is 464 g/mol. The van der Waals surface area contributed by atoms with Crippen molar-refractivity contribution in [2.75, 3.05) is 0 Å². The Hall–Kier alpha value is -2.52. The molecule has 0 saturated heterocycles. The smallest absolute Gasteiger partial charge is 0.0255 e. The summed E-state index contributed by atoms with van der Waals surface area (Å²) in [5.74, 6) is 8.51. The average molecular weight is 465 g/mol. The van der Waals surface area contributed by atoms with Crippen molar-refractivity contribution in [3.63, 3.8) is 0 Å². The molecule has 0 aromatic heterocycles. The fourth-order valence-electron chi connectivity index (χ4n) is 5.72. The molecule has 0 heterocycles. The Labute approximate surface area is 214 Å². The van der Waals surface area contributed by atoms with Crippen LogP contribution in [0.5, 0.6) is 0 Å². The van der Waals surface area contributed by atoms with Gasteiger partial charge in [-0.2, -0.15) is 0 Å². The maximum absolute atomic E-state index is 3.40. The minimum atomic E-state index is 0.747. The van der Waals surface area contributed by atoms with Gasteiger partial charge in [0, 0.05) is 11.1 Å². The molecule has 0 spiro atoms. The van der Waals surface area contributed by atoms with Crippen LogP contribution < -0.4 is 0 Å². The zero-order valence-electron chi connectivity index (χ0n) is 22.1. The SMILES string of the molecule is CCCCCCCc1ccc2cc(C#Cc3ccc(C4CCC(CCCC)CC4)cc3)ccc2c1. The van der Waals surface area contributed by atoms with Gasteiger partial charge in [-0.25, -0.2) is 0 Å². The molecule has 4 rings (SSSR count). The average Bonchev–Trinajstić information content (AvgIpc) is 2.91. The van der Waals surface area contributed by atoms with E-state index in [2.05, 4.69) is 86.4 Å². The molecule has 1 fully saturated rings. The molecular weight excluding hydrogens is 420 g/mol. The Morgan fingerprint density at radius 2 is 1.29 bits per heavy atom. The van der Waals surface area contributed by atoms with Gasteiger partial charge in [-0.15, -0.1) is 0 Å². The van der Waals surface area contributed by atoms with Gasteiger partial charge >= 0.3 is 0 Å². The summed E-state index contributed by atoms with van der Waals surface area (Å²) in [4.78, 5) is 0. The third-order valence-electron chi connectivity index (χ3n) is 8.02. The number of unbranched alkanes of at least 4 members (excludes halogenated alkanes) is 5. The van der Waals surface area contributed by atoms with E-state index in [0.717, 1.165) is 23.0 Å². The number of benzene rings is 3. The Bertz CT molecular complexity index is 1100. The van der Waals surface area contributed by atoms with E-state index in [1.165, 1.54) is 105 Å². The molecule has 0 unspecified atom stereocenters. The number of hydrogen-bond donors (Lipinski definition) is 0. The molecule has 0 amide bonds. The first-order valence-electron chi connectivity index (χ1n) is 14.4. The second-order valence-corrected chi connectivity index (χ2v) is 10.8. The predicted molar refractivity (Wildman–Crippen MR) is 153 cm³/mol. The fourth-order valence-corrected chi connectivity index (χ4v) is 5.72. The second-order valence-electron chi connectivity index (χ2n) is 10.8. The van der Waals surface area contributed by atoms with Crippen LogP contribution in [0.1, 0.15) is 119 Å². The van der Waals surface area contributed by atoms with Crippen LogP contribution in [0.4, 0.5) is 0 Å². The van der Waals surface area contributed by atoms with E-state index in [1.807, 2.05) is 0 Å². The number of fused-ring (bicyclic) bond motifs is 1. The summed E-state index contributed by atoms with van der Waals surface area (Å²) >= 11 is 0. The molecule has 0 heteroatoms. The summed E-state index contributed by atoms with van der Waals surface area (Å²) in [5, 5.41) is 2.62. The van der Waals surface area contributed by atoms with Gasteiger partial charge in [0.25, 0.3) is 0 Å². The van der Waals surface area contributed by atoms with Gasteiger partial charge in [-0.3, -0.25) is 0 Å². The molecule has 0 radical (unpaired) electrons. The van der Waals surface area contributed by atoms with Crippen LogP contribution in [0.3, 0.4) is 0 Å². The highest BCUT2D eigenvalue weighted by atomic mass is 14.3. The van der Waals surface area contributed by atoms with Crippen LogP contribution in [0, 0.1) is 17.8 Å². The third kappa shape index (κ3) is 7.73. The van der Waals surface area contributed by atoms with Gasteiger partial charge in [0.2, 0.25) is 0 Å². The van der Waals surface area contributed by atoms with Crippen LogP contribution in [-0.4, -0.2) is 0 Å². The van der Waals surface area contributed by atoms with Crippen LogP contribution in [0.15, 0.2) is 60.7 Å². The molecular formula is C35H44. The maximum atomic E-state index is 3.40. The lowest BCUT2D eigenvalue weighted by atomic mass is 9.77. The molecule has 3 aromatic rings. The second kappa shape index (κ2) is 13.5. The van der Waals surface area contributed by atoms with Crippen molar-refractivity contribution >= 4 is 10.8 Å². The highest BCUT2D eigenvalue weighted by Gasteiger charge is 2.21. The molecule has 1 aliphatic rings. The highest BCUT2D eigenvalue weighted by molar-refractivity contribution is 5.84. The lowest BCUT2D eigenvalue weighted by molar-refractivity contribution is 0.304. The summed E-state index contributed by atoms with van der Waals surface area (Å²) in [6.45, 7) is 4.58. The van der Waals surface area contributed by atoms with E-state index in [0.29, 0.717) is 0 Å². The Morgan fingerprint density at radius 3 is 2.06 bits per heavy atom. The van der Waals surface area contributed by atoms with Gasteiger partial charge in [0.1, 0.15) is 0 Å². The normalized spacial score (nSPS) is 17.8. The van der Waals surface area contributed by atoms with Crippen molar-refractivity contribution in [3.05, 3.63) is 82.9 Å². The lowest BCUT2D eigenvalue weighted by Gasteiger charge is -2.28. The third-order valence-corrected chi connectivity index (χ3v) is 8.02. The van der Waals surface area contributed by atoms with Crippen molar-refractivity contribution in [2.45, 2.75) is 103 Å². The van der Waals surface area contributed by atoms with Gasteiger partial charge in [0.15, 0.2) is 0 Å². The first-order valence-corrected chi connectivity index (χ1v) is 14.4. The quantitative estimate of drug-likeness (QED) is 0.207. The highest BCUT2D eigenvalue weighted by Crippen LogP contribution is 2.37. The molecule has 0 nitrogen and oxygen atoms in total. The minimum Gasteiger partial charge on any atom is -0.0654 e. The van der Waals surface area contributed by atoms with E-state index in [1.54, 1.807) is 0 Å². The predicted octanol–water partition coefficient (Wildman–Crippen LogP) is 10.2. The topological polar surface area (TPSA) is 0 Å². The van der Waals surface area contributed by atoms with Crippen molar-refractivity contribution in [3.8, 4) is 11.8 Å². The summed E-state index contributed by atoms with van der Waals surface area (Å²) in [6.07, 6.45) is 17.6. The molecule has 0 atom stereocenters. The van der Waals surface area contributed by atoms with E-state index in [9.17, 15) is 0 Å². The summed E-state index contributed by atoms with van der Waals surface area (Å²) in [7, 11) is 0. The van der Waals surface area contributed by atoms with Crippen LogP contribution >= 0.6 is 0 Å². The summed E-state index contributed by atoms with van der Waals surface area (Å²) in [5.41, 5.74) is 5.18. The van der Waals surface area contributed by atoms with Crippen molar-refractivity contribution in [1.82, 2.24) is 0 Å². The number of aryl methyl sites for hydroxylation is 1. The molecule has 3 aromatic carbocycles. The van der Waals surface area contributed by atoms with E-state index in [4.69, 9.17) is 0 Å². The van der Waals surface area contributed by atoms with E-state index >= 15 is 0 Å². The van der Waals surface area contributed by atoms with E-state index < -0.39 is 0 Å². The molecule has 0 N–H and O–H groups in total. The maximum Gasteiger partial charge on any atom is 0.0255 e. The van der Waals surface area contributed by atoms with Crippen molar-refractivity contribution < 1.29 is 0 Å². The molecule has 0 aliphatic heterocycles. The zero-order valence-corrected chi connectivity index (χ0v) is 22.1. The van der Waals surface area contributed by atoms with Crippen molar-refractivity contribution in [1.29, 1.82) is 0 Å². The molecule has 184 valence electrons. The van der Waals surface area contributed by atoms with Crippen molar-refractivity contribution in [2.24, 2.45) is 5.92 Å². The Morgan fingerprint density at radius 1 is 0.629 bits per heavy atom. The first kappa shape index (κ1) is 25.6. The summed E-state index contributed by atoms with van der Waals surface area (Å²) in [6, 6.07) is 22.7. The van der Waals surface area contributed by atoms with Gasteiger partial charge in [-0.05, 0) is 96.5 Å². The number of rotatable bonds is 10. The fraction of sp³-hybridized carbons (Fsp3) is 0.486. The summed E-state index contributed by atoms with van der Waals surface area (Å²) < 4.78 is 0. The molecule has 1 saturated carbocycles. The first-order chi connectivity index (χ1) is 17.2. The molecule has 1 aliphatic carbocycles. The van der Waals surface area contributed by atoms with Gasteiger partial charge < -0.3 is 0 Å². The standard InChI is InChI=1S/C35H44/c1-3-5-7-8-9-11-30-18-24-35-27-31(19-25-34(35)26-30)13-12-29-16-22-33(23-17-29)32-20-14-28(15-21-32)10-6-4-2/h16-19,22-28,32H,3-11,14-15,20-21H2,1-2H3. The molecule has 35 heavy (non-hydrogen) atoms. The largest absolute Gasteiger partial charge is 0.0654 e. The van der Waals surface area contributed by atoms with Crippen LogP contribution in [0.25, 0.3) is 10.8 Å². The molecule has 0 bridgehead atoms. The Kier molecular flexibility index (Phi) is 9.89. The minimum absolute atomic E-state index is 0.747. The van der Waals surface area contributed by atoms with Gasteiger partial charge in [-0.1, -0.05) is 107 Å². The zero-order chi connectivity index (χ0) is 24.3. The van der Waals surface area contributed by atoms with Gasteiger partial charge in [0.05, 0.1) is 0 Å². The Balaban J connectivity index is 1.32. The number of hydrogen-bond acceptors (Lipinski definition) is 0. The van der Waals surface area contributed by atoms with E-state index in [-0.39, 0.29) is 0 Å².